The van der Waals surface area contributed by atoms with Crippen LogP contribution in [0.1, 0.15) is 37.0 Å². The summed E-state index contributed by atoms with van der Waals surface area (Å²) < 4.78 is 13.3. The molecule has 0 unspecified atom stereocenters. The summed E-state index contributed by atoms with van der Waals surface area (Å²) in [7, 11) is 0. The summed E-state index contributed by atoms with van der Waals surface area (Å²) in [6, 6.07) is 4.07. The summed E-state index contributed by atoms with van der Waals surface area (Å²) in [5, 5.41) is 11.9. The maximum Gasteiger partial charge on any atom is 0.253 e. The molecule has 0 saturated carbocycles. The quantitative estimate of drug-likeness (QED) is 0.867. The minimum Gasteiger partial charge on any atom is -0.394 e. The van der Waals surface area contributed by atoms with E-state index in [4.69, 9.17) is 11.6 Å². The third-order valence-electron chi connectivity index (χ3n) is 3.23. The van der Waals surface area contributed by atoms with Crippen molar-refractivity contribution in [3.8, 4) is 0 Å². The number of aliphatic hydroxyl groups is 1. The van der Waals surface area contributed by atoms with Gasteiger partial charge in [-0.25, -0.2) is 4.39 Å². The topological polar surface area (TPSA) is 49.3 Å². The molecule has 1 amide bonds. The van der Waals surface area contributed by atoms with Gasteiger partial charge in [0, 0.05) is 0 Å². The Morgan fingerprint density at radius 2 is 2.06 bits per heavy atom. The Kier molecular flexibility index (Phi) is 5.11. The summed E-state index contributed by atoms with van der Waals surface area (Å²) >= 11 is 5.75. The van der Waals surface area contributed by atoms with Gasteiger partial charge in [-0.3, -0.25) is 4.79 Å². The standard InChI is InChI=1S/C13H17ClFNO2/c1-3-13(4-2,8-17)16-12(18)9-6-5-7-10(15)11(9)14/h5-7,17H,3-4,8H2,1-2H3,(H,16,18). The van der Waals surface area contributed by atoms with Crippen molar-refractivity contribution in [1.82, 2.24) is 5.32 Å². The number of aliphatic hydroxyl groups excluding tert-OH is 1. The Balaban J connectivity index is 2.98. The Labute approximate surface area is 111 Å². The molecule has 2 N–H and O–H groups in total. The molecular weight excluding hydrogens is 257 g/mol. The summed E-state index contributed by atoms with van der Waals surface area (Å²) in [6.45, 7) is 3.57. The molecule has 0 spiro atoms. The monoisotopic (exact) mass is 273 g/mol. The van der Waals surface area contributed by atoms with E-state index in [9.17, 15) is 14.3 Å². The van der Waals surface area contributed by atoms with Crippen LogP contribution in [-0.4, -0.2) is 23.2 Å². The number of nitrogens with one attached hydrogen (secondary N) is 1. The molecule has 18 heavy (non-hydrogen) atoms. The van der Waals surface area contributed by atoms with Crippen molar-refractivity contribution in [2.75, 3.05) is 6.61 Å². The molecule has 0 aliphatic carbocycles. The number of carbonyl (C=O) groups excluding carboxylic acids is 1. The fraction of sp³-hybridized carbons (Fsp3) is 0.462. The van der Waals surface area contributed by atoms with Gasteiger partial charge in [-0.15, -0.1) is 0 Å². The molecule has 0 bridgehead atoms. The largest absolute Gasteiger partial charge is 0.394 e. The smallest absolute Gasteiger partial charge is 0.253 e. The zero-order chi connectivity index (χ0) is 13.8. The van der Waals surface area contributed by atoms with Gasteiger partial charge in [0.15, 0.2) is 0 Å². The first-order valence-corrected chi connectivity index (χ1v) is 6.25. The van der Waals surface area contributed by atoms with Gasteiger partial charge in [0.1, 0.15) is 5.82 Å². The van der Waals surface area contributed by atoms with E-state index in [1.54, 1.807) is 0 Å². The van der Waals surface area contributed by atoms with Crippen LogP contribution in [0.2, 0.25) is 5.02 Å². The highest BCUT2D eigenvalue weighted by Gasteiger charge is 2.28. The second-order valence-corrected chi connectivity index (χ2v) is 4.58. The van der Waals surface area contributed by atoms with Crippen LogP contribution < -0.4 is 5.32 Å². The van der Waals surface area contributed by atoms with Crippen LogP contribution in [0, 0.1) is 5.82 Å². The van der Waals surface area contributed by atoms with Crippen LogP contribution in [0.4, 0.5) is 4.39 Å². The van der Waals surface area contributed by atoms with Crippen LogP contribution >= 0.6 is 11.6 Å². The maximum atomic E-state index is 13.3. The van der Waals surface area contributed by atoms with Gasteiger partial charge in [-0.2, -0.15) is 0 Å². The van der Waals surface area contributed by atoms with Crippen molar-refractivity contribution in [2.24, 2.45) is 0 Å². The number of amides is 1. The number of hydrogen-bond acceptors (Lipinski definition) is 2. The van der Waals surface area contributed by atoms with Crippen LogP contribution in [0.5, 0.6) is 0 Å². The van der Waals surface area contributed by atoms with E-state index in [1.165, 1.54) is 18.2 Å². The van der Waals surface area contributed by atoms with Crippen LogP contribution in [-0.2, 0) is 0 Å². The van der Waals surface area contributed by atoms with E-state index < -0.39 is 17.3 Å². The number of rotatable bonds is 5. The van der Waals surface area contributed by atoms with Gasteiger partial charge in [0.25, 0.3) is 5.91 Å². The molecule has 100 valence electrons. The minimum atomic E-state index is -0.688. The molecule has 0 saturated heterocycles. The molecule has 0 atom stereocenters. The normalized spacial score (nSPS) is 11.4. The summed E-state index contributed by atoms with van der Waals surface area (Å²) in [5.74, 6) is -1.11. The molecule has 1 aromatic carbocycles. The molecule has 0 fully saturated rings. The first-order chi connectivity index (χ1) is 8.49. The van der Waals surface area contributed by atoms with E-state index >= 15 is 0 Å². The highest BCUT2D eigenvalue weighted by atomic mass is 35.5. The van der Waals surface area contributed by atoms with Crippen molar-refractivity contribution >= 4 is 17.5 Å². The Hall–Kier alpha value is -1.13. The third-order valence-corrected chi connectivity index (χ3v) is 3.62. The number of benzene rings is 1. The van der Waals surface area contributed by atoms with Crippen molar-refractivity contribution < 1.29 is 14.3 Å². The molecule has 0 heterocycles. The highest BCUT2D eigenvalue weighted by molar-refractivity contribution is 6.34. The van der Waals surface area contributed by atoms with Gasteiger partial charge in [0.2, 0.25) is 0 Å². The van der Waals surface area contributed by atoms with Gasteiger partial charge >= 0.3 is 0 Å². The van der Waals surface area contributed by atoms with E-state index in [1.807, 2.05) is 13.8 Å². The Morgan fingerprint density at radius 3 is 2.56 bits per heavy atom. The molecule has 3 nitrogen and oxygen atoms in total. The lowest BCUT2D eigenvalue weighted by molar-refractivity contribution is 0.0817. The van der Waals surface area contributed by atoms with E-state index in [2.05, 4.69) is 5.32 Å². The molecule has 0 aliphatic heterocycles. The summed E-state index contributed by atoms with van der Waals surface area (Å²) in [5.41, 5.74) is -0.608. The van der Waals surface area contributed by atoms with E-state index in [-0.39, 0.29) is 17.2 Å². The SMILES string of the molecule is CCC(CC)(CO)NC(=O)c1cccc(F)c1Cl. The first kappa shape index (κ1) is 14.9. The Bertz CT molecular complexity index is 425. The van der Waals surface area contributed by atoms with Crippen molar-refractivity contribution in [3.05, 3.63) is 34.6 Å². The molecule has 1 rings (SSSR count). The third kappa shape index (κ3) is 3.00. The van der Waals surface area contributed by atoms with Gasteiger partial charge in [0.05, 0.1) is 22.7 Å². The van der Waals surface area contributed by atoms with Crippen LogP contribution in [0.25, 0.3) is 0 Å². The molecule has 0 radical (unpaired) electrons. The molecule has 5 heteroatoms. The molecule has 0 aliphatic rings. The average Bonchev–Trinajstić information content (AvgIpc) is 2.39. The fourth-order valence-electron chi connectivity index (χ4n) is 1.68. The van der Waals surface area contributed by atoms with Crippen molar-refractivity contribution in [3.63, 3.8) is 0 Å². The lowest BCUT2D eigenvalue weighted by Gasteiger charge is -2.30. The predicted octanol–water partition coefficient (Wildman–Crippen LogP) is 2.76. The zero-order valence-electron chi connectivity index (χ0n) is 10.5. The van der Waals surface area contributed by atoms with Gasteiger partial charge in [-0.05, 0) is 25.0 Å². The predicted molar refractivity (Wildman–Crippen MR) is 69.3 cm³/mol. The lowest BCUT2D eigenvalue weighted by atomic mass is 9.93. The number of hydrogen-bond donors (Lipinski definition) is 2. The first-order valence-electron chi connectivity index (χ1n) is 5.87. The molecular formula is C13H17ClFNO2. The van der Waals surface area contributed by atoms with E-state index in [0.29, 0.717) is 12.8 Å². The lowest BCUT2D eigenvalue weighted by Crippen LogP contribution is -2.50. The van der Waals surface area contributed by atoms with Crippen molar-refractivity contribution in [2.45, 2.75) is 32.2 Å². The summed E-state index contributed by atoms with van der Waals surface area (Å²) in [4.78, 5) is 12.0. The van der Waals surface area contributed by atoms with Crippen molar-refractivity contribution in [1.29, 1.82) is 0 Å². The average molecular weight is 274 g/mol. The second kappa shape index (κ2) is 6.16. The Morgan fingerprint density at radius 1 is 1.44 bits per heavy atom. The zero-order valence-corrected chi connectivity index (χ0v) is 11.2. The van der Waals surface area contributed by atoms with Gasteiger partial charge in [-0.1, -0.05) is 31.5 Å². The van der Waals surface area contributed by atoms with Crippen LogP contribution in [0.15, 0.2) is 18.2 Å². The second-order valence-electron chi connectivity index (χ2n) is 4.20. The van der Waals surface area contributed by atoms with E-state index in [0.717, 1.165) is 0 Å². The van der Waals surface area contributed by atoms with Gasteiger partial charge < -0.3 is 10.4 Å². The number of halogens is 2. The molecule has 1 aromatic rings. The highest BCUT2D eigenvalue weighted by Crippen LogP contribution is 2.21. The molecule has 0 aromatic heterocycles. The maximum absolute atomic E-state index is 13.3. The number of carbonyl (C=O) groups is 1. The minimum absolute atomic E-state index is 0.0800. The van der Waals surface area contributed by atoms with Crippen LogP contribution in [0.3, 0.4) is 0 Å². The fourth-order valence-corrected chi connectivity index (χ4v) is 1.89. The summed E-state index contributed by atoms with van der Waals surface area (Å²) in [6.07, 6.45) is 1.16.